The van der Waals surface area contributed by atoms with E-state index in [4.69, 9.17) is 16.3 Å². The number of alkyl halides is 1. The summed E-state index contributed by atoms with van der Waals surface area (Å²) in [7, 11) is 1.47. The average Bonchev–Trinajstić information content (AvgIpc) is 2.29. The topological polar surface area (TPSA) is 9.23 Å². The first-order valence-electron chi connectivity index (χ1n) is 5.39. The smallest absolute Gasteiger partial charge is 0.165 e. The number of ether oxygens (including phenoxy) is 1. The molecular weight excluding hydrogens is 227 g/mol. The highest BCUT2D eigenvalue weighted by Crippen LogP contribution is 2.31. The van der Waals surface area contributed by atoms with E-state index in [1.807, 2.05) is 12.1 Å². The van der Waals surface area contributed by atoms with Crippen molar-refractivity contribution in [1.29, 1.82) is 0 Å². The molecule has 0 saturated heterocycles. The second-order valence-corrected chi connectivity index (χ2v) is 4.51. The van der Waals surface area contributed by atoms with Crippen LogP contribution in [0, 0.1) is 5.82 Å². The van der Waals surface area contributed by atoms with Crippen molar-refractivity contribution in [1.82, 2.24) is 0 Å². The zero-order valence-corrected chi connectivity index (χ0v) is 9.93. The summed E-state index contributed by atoms with van der Waals surface area (Å²) in [5.41, 5.74) is 2.04. The lowest BCUT2D eigenvalue weighted by atomic mass is 9.93. The van der Waals surface area contributed by atoms with Crippen molar-refractivity contribution in [3.8, 4) is 5.75 Å². The molecule has 1 aromatic carbocycles. The van der Waals surface area contributed by atoms with Crippen molar-refractivity contribution in [3.05, 3.63) is 35.7 Å². The molecule has 2 rings (SSSR count). The molecule has 0 saturated carbocycles. The van der Waals surface area contributed by atoms with Crippen LogP contribution in [0.1, 0.15) is 24.8 Å². The maximum Gasteiger partial charge on any atom is 0.165 e. The summed E-state index contributed by atoms with van der Waals surface area (Å²) in [5, 5.41) is 0.0777. The Labute approximate surface area is 99.9 Å². The molecule has 1 unspecified atom stereocenters. The van der Waals surface area contributed by atoms with Gasteiger partial charge in [0.1, 0.15) is 0 Å². The van der Waals surface area contributed by atoms with Crippen molar-refractivity contribution in [2.75, 3.05) is 7.11 Å². The van der Waals surface area contributed by atoms with E-state index in [0.29, 0.717) is 0 Å². The zero-order chi connectivity index (χ0) is 11.5. The standard InChI is InChI=1S/C13H14ClFO/c1-16-13-6-5-10(8-12(13)15)9-3-2-4-11(14)7-9/h5-8,11H,2-4H2,1H3. The van der Waals surface area contributed by atoms with Crippen molar-refractivity contribution in [2.45, 2.75) is 24.6 Å². The Morgan fingerprint density at radius 1 is 1.44 bits per heavy atom. The third kappa shape index (κ3) is 2.38. The highest BCUT2D eigenvalue weighted by Gasteiger charge is 2.13. The van der Waals surface area contributed by atoms with Gasteiger partial charge < -0.3 is 4.74 Å². The van der Waals surface area contributed by atoms with Crippen LogP contribution >= 0.6 is 11.6 Å². The third-order valence-corrected chi connectivity index (χ3v) is 3.17. The van der Waals surface area contributed by atoms with E-state index in [-0.39, 0.29) is 16.9 Å². The van der Waals surface area contributed by atoms with Gasteiger partial charge in [0.2, 0.25) is 0 Å². The molecule has 0 N–H and O–H groups in total. The van der Waals surface area contributed by atoms with Crippen molar-refractivity contribution < 1.29 is 9.13 Å². The highest BCUT2D eigenvalue weighted by atomic mass is 35.5. The quantitative estimate of drug-likeness (QED) is 0.710. The minimum Gasteiger partial charge on any atom is -0.494 e. The van der Waals surface area contributed by atoms with E-state index in [2.05, 4.69) is 0 Å². The van der Waals surface area contributed by atoms with Gasteiger partial charge in [-0.1, -0.05) is 12.1 Å². The van der Waals surface area contributed by atoms with Crippen molar-refractivity contribution in [3.63, 3.8) is 0 Å². The van der Waals surface area contributed by atoms with E-state index < -0.39 is 0 Å². The zero-order valence-electron chi connectivity index (χ0n) is 9.17. The fourth-order valence-electron chi connectivity index (χ4n) is 1.98. The van der Waals surface area contributed by atoms with Gasteiger partial charge >= 0.3 is 0 Å². The first kappa shape index (κ1) is 11.5. The molecule has 1 aliphatic rings. The summed E-state index contributed by atoms with van der Waals surface area (Å²) in [5.74, 6) is -0.0415. The van der Waals surface area contributed by atoms with Crippen LogP contribution in [0.3, 0.4) is 0 Å². The van der Waals surface area contributed by atoms with E-state index in [1.165, 1.54) is 13.2 Å². The summed E-state index contributed by atoms with van der Waals surface area (Å²) < 4.78 is 18.4. The lowest BCUT2D eigenvalue weighted by Crippen LogP contribution is -2.03. The van der Waals surface area contributed by atoms with E-state index in [9.17, 15) is 4.39 Å². The number of methoxy groups -OCH3 is 1. The molecule has 16 heavy (non-hydrogen) atoms. The highest BCUT2D eigenvalue weighted by molar-refractivity contribution is 6.22. The van der Waals surface area contributed by atoms with Gasteiger partial charge in [-0.05, 0) is 42.5 Å². The molecule has 0 amide bonds. The molecule has 1 atom stereocenters. The van der Waals surface area contributed by atoms with E-state index >= 15 is 0 Å². The van der Waals surface area contributed by atoms with E-state index in [1.54, 1.807) is 6.07 Å². The maximum absolute atomic E-state index is 13.5. The van der Waals surface area contributed by atoms with Gasteiger partial charge in [0.25, 0.3) is 0 Å². The van der Waals surface area contributed by atoms with Crippen molar-refractivity contribution in [2.24, 2.45) is 0 Å². The van der Waals surface area contributed by atoms with Crippen LogP contribution in [0.25, 0.3) is 5.57 Å². The van der Waals surface area contributed by atoms with Crippen LogP contribution in [0.5, 0.6) is 5.75 Å². The summed E-state index contributed by atoms with van der Waals surface area (Å²) in [6.45, 7) is 0. The predicted octanol–water partition coefficient (Wildman–Crippen LogP) is 4.01. The average molecular weight is 241 g/mol. The van der Waals surface area contributed by atoms with Gasteiger partial charge in [-0.25, -0.2) is 4.39 Å². The molecule has 1 aromatic rings. The van der Waals surface area contributed by atoms with Crippen LogP contribution in [0.2, 0.25) is 0 Å². The molecule has 86 valence electrons. The van der Waals surface area contributed by atoms with Gasteiger partial charge in [0.15, 0.2) is 11.6 Å². The minimum absolute atomic E-state index is 0.0777. The predicted molar refractivity (Wildman–Crippen MR) is 64.4 cm³/mol. The SMILES string of the molecule is COc1ccc(C2=CC(Cl)CCC2)cc1F. The number of hydrogen-bond acceptors (Lipinski definition) is 1. The Morgan fingerprint density at radius 2 is 2.25 bits per heavy atom. The molecule has 1 aliphatic carbocycles. The molecule has 0 heterocycles. The van der Waals surface area contributed by atoms with Gasteiger partial charge in [-0.2, -0.15) is 0 Å². The van der Waals surface area contributed by atoms with Gasteiger partial charge in [0, 0.05) is 0 Å². The second kappa shape index (κ2) is 4.88. The normalized spacial score (nSPS) is 20.4. The monoisotopic (exact) mass is 240 g/mol. The summed E-state index contributed by atoms with van der Waals surface area (Å²) >= 11 is 6.06. The molecule has 0 fully saturated rings. The second-order valence-electron chi connectivity index (χ2n) is 3.95. The first-order chi connectivity index (χ1) is 7.70. The number of rotatable bonds is 2. The van der Waals surface area contributed by atoms with Crippen LogP contribution in [0.4, 0.5) is 4.39 Å². The Hall–Kier alpha value is -1.02. The van der Waals surface area contributed by atoms with Gasteiger partial charge in [0.05, 0.1) is 12.5 Å². The van der Waals surface area contributed by atoms with Gasteiger partial charge in [-0.3, -0.25) is 0 Å². The Kier molecular flexibility index (Phi) is 3.49. The third-order valence-electron chi connectivity index (χ3n) is 2.83. The molecule has 3 heteroatoms. The molecular formula is C13H14ClFO. The molecule has 0 aromatic heterocycles. The lowest BCUT2D eigenvalue weighted by Gasteiger charge is -2.17. The van der Waals surface area contributed by atoms with Crippen LogP contribution in [0.15, 0.2) is 24.3 Å². The lowest BCUT2D eigenvalue weighted by molar-refractivity contribution is 0.386. The molecule has 0 aliphatic heterocycles. The van der Waals surface area contributed by atoms with Crippen LogP contribution in [-0.4, -0.2) is 12.5 Å². The fourth-order valence-corrected chi connectivity index (χ4v) is 2.29. The van der Waals surface area contributed by atoms with Crippen molar-refractivity contribution >= 4 is 17.2 Å². The van der Waals surface area contributed by atoms with Crippen LogP contribution in [-0.2, 0) is 0 Å². The van der Waals surface area contributed by atoms with Gasteiger partial charge in [-0.15, -0.1) is 11.6 Å². The maximum atomic E-state index is 13.5. The number of allylic oxidation sites excluding steroid dienone is 2. The van der Waals surface area contributed by atoms with E-state index in [0.717, 1.165) is 30.4 Å². The summed E-state index contributed by atoms with van der Waals surface area (Å²) in [6.07, 6.45) is 5.05. The molecule has 0 spiro atoms. The Bertz CT molecular complexity index is 414. The minimum atomic E-state index is -0.322. The summed E-state index contributed by atoms with van der Waals surface area (Å²) in [4.78, 5) is 0. The van der Waals surface area contributed by atoms with Crippen LogP contribution < -0.4 is 4.74 Å². The number of halogens is 2. The fraction of sp³-hybridized carbons (Fsp3) is 0.385. The molecule has 0 radical (unpaired) electrons. The largest absolute Gasteiger partial charge is 0.494 e. The summed E-state index contributed by atoms with van der Waals surface area (Å²) in [6, 6.07) is 5.05. The molecule has 1 nitrogen and oxygen atoms in total. The number of benzene rings is 1. The molecule has 0 bridgehead atoms. The Balaban J connectivity index is 2.30. The number of hydrogen-bond donors (Lipinski definition) is 0. The first-order valence-corrected chi connectivity index (χ1v) is 5.83. The Morgan fingerprint density at radius 3 is 2.88 bits per heavy atom.